The lowest BCUT2D eigenvalue weighted by Crippen LogP contribution is -2.47. The van der Waals surface area contributed by atoms with Crippen molar-refractivity contribution in [2.24, 2.45) is 5.10 Å². The summed E-state index contributed by atoms with van der Waals surface area (Å²) in [6.45, 7) is 1.72. The summed E-state index contributed by atoms with van der Waals surface area (Å²) in [4.78, 5) is 24.7. The van der Waals surface area contributed by atoms with Crippen LogP contribution in [0, 0.1) is 0 Å². The minimum atomic E-state index is -0.396. The zero-order chi connectivity index (χ0) is 21.8. The van der Waals surface area contributed by atoms with Crippen LogP contribution in [-0.4, -0.2) is 42.8 Å². The molecule has 2 heterocycles. The van der Waals surface area contributed by atoms with E-state index in [2.05, 4.69) is 10.5 Å². The van der Waals surface area contributed by atoms with E-state index in [0.29, 0.717) is 22.7 Å². The molecular weight excluding hydrogens is 416 g/mol. The maximum absolute atomic E-state index is 12.9. The van der Waals surface area contributed by atoms with Gasteiger partial charge in [-0.05, 0) is 54.8 Å². The number of nitrogens with one attached hydrogen (secondary N) is 1. The van der Waals surface area contributed by atoms with Gasteiger partial charge in [-0.15, -0.1) is 0 Å². The lowest BCUT2D eigenvalue weighted by molar-refractivity contribution is -0.119. The van der Waals surface area contributed by atoms with Crippen molar-refractivity contribution in [3.63, 3.8) is 0 Å². The number of anilines is 1. The molecule has 162 valence electrons. The second kappa shape index (κ2) is 9.49. The lowest BCUT2D eigenvalue weighted by Gasteiger charge is -2.26. The van der Waals surface area contributed by atoms with Gasteiger partial charge in [-0.2, -0.15) is 5.10 Å². The molecule has 1 amide bonds. The Morgan fingerprint density at radius 2 is 1.71 bits per heavy atom. The number of amides is 1. The number of piperidine rings is 1. The molecule has 0 bridgehead atoms. The summed E-state index contributed by atoms with van der Waals surface area (Å²) in [5.74, 6) is -0.568. The summed E-state index contributed by atoms with van der Waals surface area (Å²) < 4.78 is 4.77. The fourth-order valence-electron chi connectivity index (χ4n) is 3.91. The van der Waals surface area contributed by atoms with Crippen LogP contribution in [0.2, 0.25) is 5.02 Å². The van der Waals surface area contributed by atoms with Crippen molar-refractivity contribution in [3.05, 3.63) is 64.7 Å². The number of carbonyl (C=O) groups is 2. The van der Waals surface area contributed by atoms with Gasteiger partial charge in [-0.1, -0.05) is 30.2 Å². The summed E-state index contributed by atoms with van der Waals surface area (Å²) in [6, 6.07) is 14.4. The fourth-order valence-corrected chi connectivity index (χ4v) is 4.04. The first-order chi connectivity index (χ1) is 15.0. The highest BCUT2D eigenvalue weighted by Crippen LogP contribution is 2.36. The molecule has 2 aromatic carbocycles. The van der Waals surface area contributed by atoms with Crippen molar-refractivity contribution >= 4 is 34.9 Å². The average molecular weight is 441 g/mol. The maximum Gasteiger partial charge on any atom is 0.337 e. The Hall–Kier alpha value is -2.90. The zero-order valence-corrected chi connectivity index (χ0v) is 18.1. The van der Waals surface area contributed by atoms with Crippen molar-refractivity contribution in [2.75, 3.05) is 25.2 Å². The smallest absolute Gasteiger partial charge is 0.337 e. The quantitative estimate of drug-likeness (QED) is 0.712. The van der Waals surface area contributed by atoms with Crippen LogP contribution in [0.3, 0.4) is 0 Å². The molecule has 0 spiro atoms. The second-order valence-corrected chi connectivity index (χ2v) is 8.13. The first kappa shape index (κ1) is 21.3. The molecule has 2 aromatic rings. The summed E-state index contributed by atoms with van der Waals surface area (Å²) in [5.41, 5.74) is 5.72. The minimum Gasteiger partial charge on any atom is -0.465 e. The molecule has 1 fully saturated rings. The predicted molar refractivity (Wildman–Crippen MR) is 120 cm³/mol. The number of rotatable bonds is 5. The molecule has 4 rings (SSSR count). The molecule has 1 saturated heterocycles. The normalized spacial score (nSPS) is 19.1. The monoisotopic (exact) mass is 440 g/mol. The number of hydrogen-bond acceptors (Lipinski definition) is 6. The summed E-state index contributed by atoms with van der Waals surface area (Å²) in [6.07, 6.45) is 3.83. The molecule has 8 heteroatoms. The van der Waals surface area contributed by atoms with Crippen LogP contribution in [0.15, 0.2) is 53.6 Å². The van der Waals surface area contributed by atoms with Gasteiger partial charge in [0.2, 0.25) is 0 Å². The SMILES string of the molecule is COC(=O)c1ccc(N2N=C(C(=O)NN3CCCCC3)CC2c2ccc(Cl)cc2)cc1. The van der Waals surface area contributed by atoms with E-state index in [0.717, 1.165) is 37.2 Å². The van der Waals surface area contributed by atoms with E-state index in [1.54, 1.807) is 12.1 Å². The standard InChI is InChI=1S/C23H25ClN4O3/c1-31-23(30)17-7-11-19(12-8-17)28-21(16-5-9-18(24)10-6-16)15-20(25-28)22(29)26-27-13-3-2-4-14-27/h5-12,21H,2-4,13-15H2,1H3,(H,26,29). The van der Waals surface area contributed by atoms with E-state index >= 15 is 0 Å². The molecule has 1 atom stereocenters. The van der Waals surface area contributed by atoms with Gasteiger partial charge >= 0.3 is 5.97 Å². The van der Waals surface area contributed by atoms with Crippen molar-refractivity contribution in [1.82, 2.24) is 10.4 Å². The van der Waals surface area contributed by atoms with Gasteiger partial charge in [-0.3, -0.25) is 15.2 Å². The topological polar surface area (TPSA) is 74.2 Å². The Labute approximate surface area is 186 Å². The van der Waals surface area contributed by atoms with E-state index < -0.39 is 5.97 Å². The molecule has 1 N–H and O–H groups in total. The van der Waals surface area contributed by atoms with E-state index in [9.17, 15) is 9.59 Å². The van der Waals surface area contributed by atoms with Gasteiger partial charge in [0.15, 0.2) is 0 Å². The zero-order valence-electron chi connectivity index (χ0n) is 17.4. The molecular formula is C23H25ClN4O3. The number of esters is 1. The van der Waals surface area contributed by atoms with Crippen LogP contribution in [0.4, 0.5) is 5.69 Å². The fraction of sp³-hybridized carbons (Fsp3) is 0.348. The third kappa shape index (κ3) is 4.89. The lowest BCUT2D eigenvalue weighted by atomic mass is 10.0. The van der Waals surface area contributed by atoms with Crippen LogP contribution in [0.5, 0.6) is 0 Å². The first-order valence-corrected chi connectivity index (χ1v) is 10.8. The van der Waals surface area contributed by atoms with Crippen LogP contribution in [0.25, 0.3) is 0 Å². The Morgan fingerprint density at radius 1 is 1.03 bits per heavy atom. The Bertz CT molecular complexity index is 969. The van der Waals surface area contributed by atoms with E-state index in [4.69, 9.17) is 16.3 Å². The summed E-state index contributed by atoms with van der Waals surface area (Å²) in [5, 5.41) is 9.11. The Kier molecular flexibility index (Phi) is 6.53. The molecule has 2 aliphatic rings. The first-order valence-electron chi connectivity index (χ1n) is 10.4. The molecule has 0 aromatic heterocycles. The van der Waals surface area contributed by atoms with Crippen molar-refractivity contribution < 1.29 is 14.3 Å². The van der Waals surface area contributed by atoms with E-state index in [1.165, 1.54) is 13.5 Å². The van der Waals surface area contributed by atoms with Gasteiger partial charge in [0.1, 0.15) is 5.71 Å². The highest BCUT2D eigenvalue weighted by atomic mass is 35.5. The number of halogens is 1. The van der Waals surface area contributed by atoms with Gasteiger partial charge in [0.05, 0.1) is 24.4 Å². The Balaban J connectivity index is 1.59. The number of hydrazine groups is 1. The van der Waals surface area contributed by atoms with Crippen molar-refractivity contribution in [2.45, 2.75) is 31.7 Å². The molecule has 31 heavy (non-hydrogen) atoms. The van der Waals surface area contributed by atoms with Crippen molar-refractivity contribution in [1.29, 1.82) is 0 Å². The number of carbonyl (C=O) groups excluding carboxylic acids is 2. The average Bonchev–Trinajstić information content (AvgIpc) is 3.25. The van der Waals surface area contributed by atoms with Gasteiger partial charge in [-0.25, -0.2) is 9.80 Å². The molecule has 7 nitrogen and oxygen atoms in total. The molecule has 0 radical (unpaired) electrons. The number of benzene rings is 2. The van der Waals surface area contributed by atoms with Gasteiger partial charge in [0, 0.05) is 24.5 Å². The van der Waals surface area contributed by atoms with Crippen LogP contribution in [0.1, 0.15) is 47.6 Å². The molecule has 0 aliphatic carbocycles. The van der Waals surface area contributed by atoms with E-state index in [-0.39, 0.29) is 11.9 Å². The highest BCUT2D eigenvalue weighted by Gasteiger charge is 2.33. The van der Waals surface area contributed by atoms with Crippen LogP contribution < -0.4 is 10.4 Å². The largest absolute Gasteiger partial charge is 0.465 e. The third-order valence-corrected chi connectivity index (χ3v) is 5.85. The summed E-state index contributed by atoms with van der Waals surface area (Å²) in [7, 11) is 1.35. The van der Waals surface area contributed by atoms with Crippen LogP contribution in [-0.2, 0) is 9.53 Å². The van der Waals surface area contributed by atoms with Crippen LogP contribution >= 0.6 is 11.6 Å². The molecule has 2 aliphatic heterocycles. The second-order valence-electron chi connectivity index (χ2n) is 7.69. The maximum atomic E-state index is 12.9. The number of hydrogen-bond donors (Lipinski definition) is 1. The van der Waals surface area contributed by atoms with Gasteiger partial charge in [0.25, 0.3) is 5.91 Å². The third-order valence-electron chi connectivity index (χ3n) is 5.60. The number of ether oxygens (including phenoxy) is 1. The predicted octanol–water partition coefficient (Wildman–Crippen LogP) is 3.95. The number of hydrazone groups is 1. The van der Waals surface area contributed by atoms with E-state index in [1.807, 2.05) is 46.4 Å². The molecule has 0 saturated carbocycles. The number of methoxy groups -OCH3 is 1. The summed E-state index contributed by atoms with van der Waals surface area (Å²) >= 11 is 6.06. The number of nitrogens with zero attached hydrogens (tertiary/aromatic N) is 3. The van der Waals surface area contributed by atoms with Gasteiger partial charge < -0.3 is 4.74 Å². The minimum absolute atomic E-state index is 0.150. The molecule has 1 unspecified atom stereocenters. The Morgan fingerprint density at radius 3 is 2.35 bits per heavy atom. The van der Waals surface area contributed by atoms with Crippen molar-refractivity contribution in [3.8, 4) is 0 Å². The highest BCUT2D eigenvalue weighted by molar-refractivity contribution is 6.39.